The van der Waals surface area contributed by atoms with Gasteiger partial charge in [-0.1, -0.05) is 90.5 Å². The average Bonchev–Trinajstić information content (AvgIpc) is 2.85. The van der Waals surface area contributed by atoms with Crippen molar-refractivity contribution in [2.75, 3.05) is 26.2 Å². The summed E-state index contributed by atoms with van der Waals surface area (Å²) in [6, 6.07) is 29.8. The zero-order valence-electron chi connectivity index (χ0n) is 19.2. The van der Waals surface area contributed by atoms with E-state index in [2.05, 4.69) is 96.8 Å². The van der Waals surface area contributed by atoms with Gasteiger partial charge in [-0.15, -0.1) is 0 Å². The Balaban J connectivity index is 1.40. The Morgan fingerprint density at radius 2 is 1.38 bits per heavy atom. The second kappa shape index (κ2) is 9.99. The summed E-state index contributed by atoms with van der Waals surface area (Å²) >= 11 is 0. The maximum atomic E-state index is 11.2. The van der Waals surface area contributed by atoms with Gasteiger partial charge in [0.15, 0.2) is 0 Å². The molecule has 32 heavy (non-hydrogen) atoms. The van der Waals surface area contributed by atoms with E-state index in [0.717, 1.165) is 50.9 Å². The van der Waals surface area contributed by atoms with Gasteiger partial charge < -0.3 is 15.7 Å². The maximum Gasteiger partial charge on any atom is 0.0920 e. The number of hydrogen-bond acceptors (Lipinski definition) is 3. The van der Waals surface area contributed by atoms with E-state index in [4.69, 9.17) is 5.73 Å². The predicted octanol–water partition coefficient (Wildman–Crippen LogP) is 5.00. The lowest BCUT2D eigenvalue weighted by Gasteiger charge is -2.39. The first-order chi connectivity index (χ1) is 15.6. The number of hydrogen-bond donors (Lipinski definition) is 2. The van der Waals surface area contributed by atoms with E-state index in [0.29, 0.717) is 6.54 Å². The van der Waals surface area contributed by atoms with Gasteiger partial charge in [0.2, 0.25) is 0 Å². The highest BCUT2D eigenvalue weighted by atomic mass is 16.3. The third-order valence-corrected chi connectivity index (χ3v) is 7.35. The van der Waals surface area contributed by atoms with E-state index in [9.17, 15) is 5.11 Å². The average molecular weight is 429 g/mol. The Kier molecular flexibility index (Phi) is 7.10. The number of nitrogens with zero attached hydrogens (tertiary/aromatic N) is 1. The van der Waals surface area contributed by atoms with Crippen LogP contribution in [0.2, 0.25) is 0 Å². The molecular weight excluding hydrogens is 392 g/mol. The molecule has 1 fully saturated rings. The number of nitrogens with two attached hydrogens (primary N) is 1. The zero-order valence-corrected chi connectivity index (χ0v) is 19.2. The fourth-order valence-electron chi connectivity index (χ4n) is 5.21. The Morgan fingerprint density at radius 3 is 1.88 bits per heavy atom. The first-order valence-corrected chi connectivity index (χ1v) is 11.9. The monoisotopic (exact) mass is 428 g/mol. The van der Waals surface area contributed by atoms with Crippen molar-refractivity contribution < 1.29 is 5.11 Å². The van der Waals surface area contributed by atoms with E-state index >= 15 is 0 Å². The van der Waals surface area contributed by atoms with Gasteiger partial charge in [0, 0.05) is 25.0 Å². The van der Waals surface area contributed by atoms with Crippen LogP contribution >= 0.6 is 0 Å². The molecule has 0 atom stereocenters. The minimum absolute atomic E-state index is 0.166. The molecule has 3 aromatic carbocycles. The number of likely N-dealkylation sites (tertiary alicyclic amines) is 1. The summed E-state index contributed by atoms with van der Waals surface area (Å²) in [6.07, 6.45) is 3.66. The van der Waals surface area contributed by atoms with Gasteiger partial charge in [0.25, 0.3) is 0 Å². The van der Waals surface area contributed by atoms with Gasteiger partial charge in [-0.25, -0.2) is 0 Å². The minimum atomic E-state index is -0.695. The molecule has 3 aromatic rings. The fraction of sp³-hybridized carbons (Fsp3) is 0.379. The Labute approximate surface area is 192 Å². The van der Waals surface area contributed by atoms with Gasteiger partial charge >= 0.3 is 0 Å². The van der Waals surface area contributed by atoms with E-state index < -0.39 is 5.60 Å². The molecule has 1 aliphatic rings. The van der Waals surface area contributed by atoms with Crippen molar-refractivity contribution in [1.29, 1.82) is 0 Å². The van der Waals surface area contributed by atoms with Gasteiger partial charge in [0.1, 0.15) is 0 Å². The molecule has 3 nitrogen and oxygen atoms in total. The highest BCUT2D eigenvalue weighted by Gasteiger charge is 2.35. The summed E-state index contributed by atoms with van der Waals surface area (Å²) in [5, 5.41) is 11.2. The van der Waals surface area contributed by atoms with Crippen LogP contribution in [0.1, 0.15) is 47.9 Å². The molecule has 3 N–H and O–H groups in total. The number of rotatable bonds is 8. The van der Waals surface area contributed by atoms with Crippen LogP contribution in [0.4, 0.5) is 0 Å². The van der Waals surface area contributed by atoms with Crippen LogP contribution in [0.5, 0.6) is 0 Å². The second-order valence-corrected chi connectivity index (χ2v) is 9.36. The highest BCUT2D eigenvalue weighted by Crippen LogP contribution is 2.37. The summed E-state index contributed by atoms with van der Waals surface area (Å²) in [7, 11) is 0. The lowest BCUT2D eigenvalue weighted by Crippen LogP contribution is -2.43. The Bertz CT molecular complexity index is 922. The predicted molar refractivity (Wildman–Crippen MR) is 133 cm³/mol. The smallest absolute Gasteiger partial charge is 0.0920 e. The molecule has 1 aliphatic heterocycles. The standard InChI is InChI=1S/C29H36N2O/c1-24-13-15-27(16-14-24)29(32)18-21-31(22-19-29)20-8-17-28(23-30,25-9-4-2-5-10-25)26-11-6-3-7-12-26/h2-7,9-16,32H,8,17-23,30H2,1H3. The molecule has 1 saturated heterocycles. The molecule has 168 valence electrons. The number of piperidine rings is 1. The van der Waals surface area contributed by atoms with Crippen LogP contribution in [0.15, 0.2) is 84.9 Å². The fourth-order valence-corrected chi connectivity index (χ4v) is 5.21. The molecule has 0 saturated carbocycles. The molecule has 0 radical (unpaired) electrons. The molecule has 0 aliphatic carbocycles. The van der Waals surface area contributed by atoms with Crippen LogP contribution in [0, 0.1) is 6.92 Å². The van der Waals surface area contributed by atoms with Crippen molar-refractivity contribution >= 4 is 0 Å². The highest BCUT2D eigenvalue weighted by molar-refractivity contribution is 5.40. The summed E-state index contributed by atoms with van der Waals surface area (Å²) in [6.45, 7) is 5.57. The number of aliphatic hydroxyl groups is 1. The van der Waals surface area contributed by atoms with Crippen LogP contribution in [-0.2, 0) is 11.0 Å². The van der Waals surface area contributed by atoms with Crippen molar-refractivity contribution in [2.45, 2.75) is 43.6 Å². The van der Waals surface area contributed by atoms with Crippen LogP contribution < -0.4 is 5.73 Å². The van der Waals surface area contributed by atoms with Crippen LogP contribution in [0.25, 0.3) is 0 Å². The Hall–Kier alpha value is -2.46. The third-order valence-electron chi connectivity index (χ3n) is 7.35. The molecule has 3 heteroatoms. The maximum absolute atomic E-state index is 11.2. The zero-order chi connectivity index (χ0) is 22.4. The first kappa shape index (κ1) is 22.7. The normalized spacial score (nSPS) is 16.7. The SMILES string of the molecule is Cc1ccc(C2(O)CCN(CCCC(CN)(c3ccccc3)c3ccccc3)CC2)cc1. The topological polar surface area (TPSA) is 49.5 Å². The summed E-state index contributed by atoms with van der Waals surface area (Å²) < 4.78 is 0. The van der Waals surface area contributed by atoms with Crippen molar-refractivity contribution in [1.82, 2.24) is 4.90 Å². The molecule has 1 heterocycles. The van der Waals surface area contributed by atoms with Gasteiger partial charge in [0.05, 0.1) is 5.60 Å². The summed E-state index contributed by atoms with van der Waals surface area (Å²) in [5.41, 5.74) is 10.5. The first-order valence-electron chi connectivity index (χ1n) is 11.9. The number of aryl methyl sites for hydroxylation is 1. The summed E-state index contributed by atoms with van der Waals surface area (Å²) in [5.74, 6) is 0. The van der Waals surface area contributed by atoms with Gasteiger partial charge in [-0.05, 0) is 55.8 Å². The van der Waals surface area contributed by atoms with Crippen LogP contribution in [0.3, 0.4) is 0 Å². The second-order valence-electron chi connectivity index (χ2n) is 9.36. The molecule has 0 spiro atoms. The van der Waals surface area contributed by atoms with Crippen molar-refractivity contribution in [2.24, 2.45) is 5.73 Å². The van der Waals surface area contributed by atoms with Gasteiger partial charge in [-0.3, -0.25) is 0 Å². The summed E-state index contributed by atoms with van der Waals surface area (Å²) in [4.78, 5) is 2.50. The quantitative estimate of drug-likeness (QED) is 0.531. The van der Waals surface area contributed by atoms with E-state index in [1.165, 1.54) is 16.7 Å². The molecular formula is C29H36N2O. The van der Waals surface area contributed by atoms with E-state index in [1.54, 1.807) is 0 Å². The van der Waals surface area contributed by atoms with Crippen molar-refractivity contribution in [3.8, 4) is 0 Å². The Morgan fingerprint density at radius 1 is 0.844 bits per heavy atom. The van der Waals surface area contributed by atoms with E-state index in [-0.39, 0.29) is 5.41 Å². The molecule has 0 unspecified atom stereocenters. The largest absolute Gasteiger partial charge is 0.385 e. The molecule has 0 amide bonds. The molecule has 0 bridgehead atoms. The van der Waals surface area contributed by atoms with Crippen molar-refractivity contribution in [3.05, 3.63) is 107 Å². The number of benzene rings is 3. The van der Waals surface area contributed by atoms with Crippen molar-refractivity contribution in [3.63, 3.8) is 0 Å². The molecule has 0 aromatic heterocycles. The lowest BCUT2D eigenvalue weighted by atomic mass is 9.71. The lowest BCUT2D eigenvalue weighted by molar-refractivity contribution is -0.0262. The third kappa shape index (κ3) is 4.80. The molecule has 4 rings (SSSR count). The van der Waals surface area contributed by atoms with Gasteiger partial charge in [-0.2, -0.15) is 0 Å². The van der Waals surface area contributed by atoms with Crippen LogP contribution in [-0.4, -0.2) is 36.2 Å². The minimum Gasteiger partial charge on any atom is -0.385 e. The van der Waals surface area contributed by atoms with E-state index in [1.807, 2.05) is 0 Å².